The molecule has 0 saturated carbocycles. The lowest BCUT2D eigenvalue weighted by Crippen LogP contribution is -1.96. The highest BCUT2D eigenvalue weighted by Gasteiger charge is 1.99. The Labute approximate surface area is 73.2 Å². The van der Waals surface area contributed by atoms with E-state index in [2.05, 4.69) is 25.5 Å². The van der Waals surface area contributed by atoms with Gasteiger partial charge in [-0.3, -0.25) is 5.10 Å². The highest BCUT2D eigenvalue weighted by Crippen LogP contribution is 2.10. The van der Waals surface area contributed by atoms with Crippen LogP contribution in [0.15, 0.2) is 6.20 Å². The summed E-state index contributed by atoms with van der Waals surface area (Å²) in [7, 11) is 1.77. The molecule has 0 spiro atoms. The molecule has 2 heterocycles. The van der Waals surface area contributed by atoms with Gasteiger partial charge in [0.1, 0.15) is 10.3 Å². The number of rotatable bonds is 1. The summed E-state index contributed by atoms with van der Waals surface area (Å²) in [6.45, 7) is 0. The number of nitrogens with one attached hydrogen (secondary N) is 3. The molecule has 2 aromatic rings. The molecule has 0 amide bonds. The van der Waals surface area contributed by atoms with Crippen LogP contribution in [0, 0.1) is 4.64 Å². The highest BCUT2D eigenvalue weighted by atomic mass is 32.1. The van der Waals surface area contributed by atoms with Crippen LogP contribution in [0.2, 0.25) is 0 Å². The predicted octanol–water partition coefficient (Wildman–Crippen LogP) is 1.06. The second-order valence-corrected chi connectivity index (χ2v) is 2.69. The standard InChI is InChI=1S/C6H7N5S/c1-7-6-9-4-3(2-8-11-4)5(12)10-6/h2H,1H3,(H3,7,8,9,10,11,12). The molecule has 0 aromatic carbocycles. The second-order valence-electron chi connectivity index (χ2n) is 2.30. The van der Waals surface area contributed by atoms with Gasteiger partial charge in [-0.2, -0.15) is 5.10 Å². The molecule has 0 fully saturated rings. The number of hydrogen-bond donors (Lipinski definition) is 3. The van der Waals surface area contributed by atoms with Crippen LogP contribution in [-0.4, -0.2) is 27.2 Å². The average Bonchev–Trinajstić information content (AvgIpc) is 2.52. The maximum absolute atomic E-state index is 5.03. The maximum Gasteiger partial charge on any atom is 0.202 e. The summed E-state index contributed by atoms with van der Waals surface area (Å²) in [5.41, 5.74) is 0.791. The normalized spacial score (nSPS) is 10.4. The van der Waals surface area contributed by atoms with Crippen LogP contribution in [0.4, 0.5) is 5.95 Å². The Balaban J connectivity index is 2.84. The lowest BCUT2D eigenvalue weighted by atomic mass is 10.4. The van der Waals surface area contributed by atoms with Crippen molar-refractivity contribution in [1.29, 1.82) is 0 Å². The summed E-state index contributed by atoms with van der Waals surface area (Å²) in [4.78, 5) is 7.07. The number of aromatic nitrogens is 4. The van der Waals surface area contributed by atoms with Crippen LogP contribution in [0.25, 0.3) is 11.0 Å². The number of hydrogen-bond acceptors (Lipinski definition) is 4. The Morgan fingerprint density at radius 3 is 3.17 bits per heavy atom. The fourth-order valence-electron chi connectivity index (χ4n) is 0.970. The van der Waals surface area contributed by atoms with Crippen molar-refractivity contribution in [3.05, 3.63) is 10.8 Å². The molecular weight excluding hydrogens is 174 g/mol. The molecule has 2 aromatic heterocycles. The molecule has 2 rings (SSSR count). The first-order chi connectivity index (χ1) is 5.81. The van der Waals surface area contributed by atoms with Crippen LogP contribution in [0.3, 0.4) is 0 Å². The van der Waals surface area contributed by atoms with Crippen LogP contribution < -0.4 is 5.32 Å². The summed E-state index contributed by atoms with van der Waals surface area (Å²) in [6, 6.07) is 0. The maximum atomic E-state index is 5.03. The minimum atomic E-state index is 0.543. The SMILES string of the molecule is CNc1nc(=S)c2cn[nH]c2[nH]1. The van der Waals surface area contributed by atoms with Gasteiger partial charge in [0.15, 0.2) is 0 Å². The quantitative estimate of drug-likeness (QED) is 0.575. The number of aromatic amines is 2. The van der Waals surface area contributed by atoms with Crippen LogP contribution >= 0.6 is 12.2 Å². The Kier molecular flexibility index (Phi) is 1.54. The molecule has 0 saturated heterocycles. The molecule has 0 aliphatic heterocycles. The van der Waals surface area contributed by atoms with Crippen molar-refractivity contribution in [1.82, 2.24) is 20.2 Å². The lowest BCUT2D eigenvalue weighted by Gasteiger charge is -1.97. The number of H-pyrrole nitrogens is 2. The first-order valence-corrected chi connectivity index (χ1v) is 3.83. The predicted molar refractivity (Wildman–Crippen MR) is 48.6 cm³/mol. The van der Waals surface area contributed by atoms with Gasteiger partial charge in [0.2, 0.25) is 5.95 Å². The Bertz CT molecular complexity index is 456. The Morgan fingerprint density at radius 2 is 2.42 bits per heavy atom. The molecule has 0 aliphatic rings. The van der Waals surface area contributed by atoms with E-state index in [4.69, 9.17) is 12.2 Å². The molecule has 12 heavy (non-hydrogen) atoms. The van der Waals surface area contributed by atoms with Crippen molar-refractivity contribution in [3.63, 3.8) is 0 Å². The third-order valence-corrected chi connectivity index (χ3v) is 1.87. The third-order valence-electron chi connectivity index (χ3n) is 1.56. The summed E-state index contributed by atoms with van der Waals surface area (Å²) in [5, 5.41) is 10.3. The minimum absolute atomic E-state index is 0.543. The van der Waals surface area contributed by atoms with Crippen molar-refractivity contribution in [3.8, 4) is 0 Å². The fourth-order valence-corrected chi connectivity index (χ4v) is 1.22. The molecule has 0 bridgehead atoms. The molecule has 62 valence electrons. The average molecular weight is 181 g/mol. The fraction of sp³-hybridized carbons (Fsp3) is 0.167. The van der Waals surface area contributed by atoms with Gasteiger partial charge in [0.25, 0.3) is 0 Å². The van der Waals surface area contributed by atoms with E-state index < -0.39 is 0 Å². The van der Waals surface area contributed by atoms with E-state index in [-0.39, 0.29) is 0 Å². The smallest absolute Gasteiger partial charge is 0.202 e. The van der Waals surface area contributed by atoms with E-state index in [1.54, 1.807) is 13.2 Å². The number of fused-ring (bicyclic) bond motifs is 1. The van der Waals surface area contributed by atoms with Gasteiger partial charge in [0.05, 0.1) is 11.6 Å². The summed E-state index contributed by atoms with van der Waals surface area (Å²) >= 11 is 5.03. The van der Waals surface area contributed by atoms with E-state index in [1.807, 2.05) is 0 Å². The van der Waals surface area contributed by atoms with Crippen LogP contribution in [0.1, 0.15) is 0 Å². The second kappa shape index (κ2) is 2.56. The van der Waals surface area contributed by atoms with Crippen LogP contribution in [-0.2, 0) is 0 Å². The zero-order valence-corrected chi connectivity index (χ0v) is 7.20. The van der Waals surface area contributed by atoms with Gasteiger partial charge in [-0.15, -0.1) is 0 Å². The Morgan fingerprint density at radius 1 is 1.58 bits per heavy atom. The van der Waals surface area contributed by atoms with E-state index in [0.717, 1.165) is 11.0 Å². The van der Waals surface area contributed by atoms with E-state index in [1.165, 1.54) is 0 Å². The first-order valence-electron chi connectivity index (χ1n) is 3.42. The monoisotopic (exact) mass is 181 g/mol. The topological polar surface area (TPSA) is 69.4 Å². The largest absolute Gasteiger partial charge is 0.359 e. The van der Waals surface area contributed by atoms with Gasteiger partial charge in [-0.1, -0.05) is 12.2 Å². The molecular formula is C6H7N5S. The molecule has 6 heteroatoms. The van der Waals surface area contributed by atoms with Crippen molar-refractivity contribution >= 4 is 29.2 Å². The van der Waals surface area contributed by atoms with E-state index in [9.17, 15) is 0 Å². The van der Waals surface area contributed by atoms with Gasteiger partial charge in [-0.25, -0.2) is 4.98 Å². The summed E-state index contributed by atoms with van der Waals surface area (Å²) in [5.74, 6) is 0.636. The highest BCUT2D eigenvalue weighted by molar-refractivity contribution is 7.71. The minimum Gasteiger partial charge on any atom is -0.359 e. The lowest BCUT2D eigenvalue weighted by molar-refractivity contribution is 1.09. The molecule has 3 N–H and O–H groups in total. The molecule has 5 nitrogen and oxygen atoms in total. The van der Waals surface area contributed by atoms with Crippen molar-refractivity contribution in [2.75, 3.05) is 12.4 Å². The molecule has 0 aliphatic carbocycles. The number of anilines is 1. The zero-order chi connectivity index (χ0) is 8.55. The summed E-state index contributed by atoms with van der Waals surface area (Å²) < 4.78 is 0.543. The molecule has 0 radical (unpaired) electrons. The summed E-state index contributed by atoms with van der Waals surface area (Å²) in [6.07, 6.45) is 1.65. The van der Waals surface area contributed by atoms with Crippen LogP contribution in [0.5, 0.6) is 0 Å². The zero-order valence-electron chi connectivity index (χ0n) is 6.38. The Hall–Kier alpha value is -1.43. The molecule has 0 atom stereocenters. The molecule has 0 unspecified atom stereocenters. The third kappa shape index (κ3) is 0.964. The van der Waals surface area contributed by atoms with E-state index in [0.29, 0.717) is 10.6 Å². The van der Waals surface area contributed by atoms with Crippen molar-refractivity contribution in [2.24, 2.45) is 0 Å². The van der Waals surface area contributed by atoms with Crippen molar-refractivity contribution in [2.45, 2.75) is 0 Å². The van der Waals surface area contributed by atoms with Gasteiger partial charge >= 0.3 is 0 Å². The van der Waals surface area contributed by atoms with Crippen molar-refractivity contribution < 1.29 is 0 Å². The first kappa shape index (κ1) is 7.23. The van der Waals surface area contributed by atoms with Gasteiger partial charge in [-0.05, 0) is 0 Å². The van der Waals surface area contributed by atoms with E-state index >= 15 is 0 Å². The number of nitrogens with zero attached hydrogens (tertiary/aromatic N) is 2. The van der Waals surface area contributed by atoms with Gasteiger partial charge in [0, 0.05) is 7.05 Å². The van der Waals surface area contributed by atoms with Gasteiger partial charge < -0.3 is 10.3 Å².